The lowest BCUT2D eigenvalue weighted by atomic mass is 9.95. The van der Waals surface area contributed by atoms with Gasteiger partial charge in [0.1, 0.15) is 12.4 Å². The molecule has 0 atom stereocenters. The van der Waals surface area contributed by atoms with Crippen LogP contribution in [0, 0.1) is 10.1 Å². The zero-order chi connectivity index (χ0) is 28.5. The Morgan fingerprint density at radius 1 is 1.23 bits per heavy atom. The van der Waals surface area contributed by atoms with Crippen molar-refractivity contribution in [1.82, 2.24) is 9.66 Å². The number of aromatic carboxylic acids is 1. The Labute approximate surface area is 235 Å². The largest absolute Gasteiger partial charge is 0.481 e. The average molecular weight is 614 g/mol. The molecule has 1 heterocycles. The molecule has 0 spiro atoms. The molecule has 4 rings (SSSR count). The zero-order valence-corrected chi connectivity index (χ0v) is 23.4. The minimum absolute atomic E-state index is 0.0519. The number of nitro groups is 1. The van der Waals surface area contributed by atoms with Crippen LogP contribution in [0.2, 0.25) is 5.02 Å². The van der Waals surface area contributed by atoms with Gasteiger partial charge in [0.2, 0.25) is 5.75 Å². The van der Waals surface area contributed by atoms with Gasteiger partial charge < -0.3 is 9.84 Å². The van der Waals surface area contributed by atoms with E-state index in [1.807, 2.05) is 20.8 Å². The Kier molecular flexibility index (Phi) is 7.84. The highest BCUT2D eigenvalue weighted by Gasteiger charge is 2.24. The van der Waals surface area contributed by atoms with Gasteiger partial charge in [-0.1, -0.05) is 60.4 Å². The predicted molar refractivity (Wildman–Crippen MR) is 151 cm³/mol. The first-order valence-electron chi connectivity index (χ1n) is 11.6. The predicted octanol–water partition coefficient (Wildman–Crippen LogP) is 6.18. The number of nitro benzene ring substituents is 1. The molecule has 0 radical (unpaired) electrons. The van der Waals surface area contributed by atoms with Crippen LogP contribution < -0.4 is 10.3 Å². The van der Waals surface area contributed by atoms with Gasteiger partial charge in [0.15, 0.2) is 0 Å². The molecule has 1 N–H and O–H groups in total. The van der Waals surface area contributed by atoms with Crippen LogP contribution >= 0.6 is 27.5 Å². The molecule has 10 nitrogen and oxygen atoms in total. The molecule has 0 saturated heterocycles. The standard InChI is InChI=1S/C27H22BrClN4O6/c1-27(2,3)26-31-21-8-7-18(28)12-19(21)24(34)32(26)30-13-16-10-20(29)23(22(11-16)33(37)38)39-14-15-5-4-6-17(9-15)25(35)36/h4-13H,14H2,1-3H3,(H,35,36). The Hall–Kier alpha value is -4.09. The summed E-state index contributed by atoms with van der Waals surface area (Å²) < 4.78 is 7.51. The summed E-state index contributed by atoms with van der Waals surface area (Å²) in [4.78, 5) is 40.4. The summed E-state index contributed by atoms with van der Waals surface area (Å²) in [5.74, 6) is -0.875. The van der Waals surface area contributed by atoms with Crippen LogP contribution in [-0.4, -0.2) is 31.9 Å². The normalized spacial score (nSPS) is 11.7. The van der Waals surface area contributed by atoms with Gasteiger partial charge in [-0.3, -0.25) is 14.9 Å². The second-order valence-corrected chi connectivity index (χ2v) is 10.9. The molecule has 39 heavy (non-hydrogen) atoms. The lowest BCUT2D eigenvalue weighted by Gasteiger charge is -2.20. The van der Waals surface area contributed by atoms with E-state index in [1.54, 1.807) is 30.3 Å². The van der Waals surface area contributed by atoms with Gasteiger partial charge in [-0.2, -0.15) is 9.78 Å². The zero-order valence-electron chi connectivity index (χ0n) is 21.0. The third-order valence-corrected chi connectivity index (χ3v) is 6.38. The van der Waals surface area contributed by atoms with Gasteiger partial charge in [-0.25, -0.2) is 9.78 Å². The van der Waals surface area contributed by atoms with Crippen molar-refractivity contribution < 1.29 is 19.6 Å². The molecule has 4 aromatic rings. The quantitative estimate of drug-likeness (QED) is 0.149. The molecule has 0 saturated carbocycles. The first-order chi connectivity index (χ1) is 18.3. The van der Waals surface area contributed by atoms with Crippen LogP contribution in [-0.2, 0) is 12.0 Å². The SMILES string of the molecule is CC(C)(C)c1nc2ccc(Br)cc2c(=O)n1N=Cc1cc(Cl)c(OCc2cccc(C(=O)O)c2)c([N+](=O)[O-])c1. The van der Waals surface area contributed by atoms with Crippen molar-refractivity contribution in [3.63, 3.8) is 0 Å². The second-order valence-electron chi connectivity index (χ2n) is 9.61. The van der Waals surface area contributed by atoms with Gasteiger partial charge >= 0.3 is 11.7 Å². The molecule has 12 heteroatoms. The van der Waals surface area contributed by atoms with E-state index in [4.69, 9.17) is 16.3 Å². The van der Waals surface area contributed by atoms with Crippen LogP contribution in [0.25, 0.3) is 10.9 Å². The molecule has 0 fully saturated rings. The van der Waals surface area contributed by atoms with E-state index in [1.165, 1.54) is 35.2 Å². The first-order valence-corrected chi connectivity index (χ1v) is 12.7. The Bertz CT molecular complexity index is 1710. The molecule has 0 bridgehead atoms. The topological polar surface area (TPSA) is 137 Å². The molecule has 0 aliphatic heterocycles. The molecule has 200 valence electrons. The van der Waals surface area contributed by atoms with Crippen LogP contribution in [0.4, 0.5) is 5.69 Å². The molecule has 1 aromatic heterocycles. The van der Waals surface area contributed by atoms with E-state index in [2.05, 4.69) is 26.0 Å². The second kappa shape index (κ2) is 11.0. The van der Waals surface area contributed by atoms with Gasteiger partial charge in [-0.05, 0) is 42.0 Å². The number of aromatic nitrogens is 2. The number of carboxylic acids is 1. The Balaban J connectivity index is 1.73. The highest BCUT2D eigenvalue weighted by molar-refractivity contribution is 9.10. The van der Waals surface area contributed by atoms with E-state index in [-0.39, 0.29) is 28.5 Å². The average Bonchev–Trinajstić information content (AvgIpc) is 2.87. The van der Waals surface area contributed by atoms with Crippen molar-refractivity contribution >= 4 is 56.3 Å². The lowest BCUT2D eigenvalue weighted by molar-refractivity contribution is -0.385. The van der Waals surface area contributed by atoms with Crippen molar-refractivity contribution in [2.24, 2.45) is 5.10 Å². The number of carbonyl (C=O) groups is 1. The third-order valence-electron chi connectivity index (χ3n) is 5.60. The molecule has 3 aromatic carbocycles. The van der Waals surface area contributed by atoms with Crippen LogP contribution in [0.3, 0.4) is 0 Å². The number of ether oxygens (including phenoxy) is 1. The molecule has 0 aliphatic rings. The fourth-order valence-corrected chi connectivity index (χ4v) is 4.41. The van der Waals surface area contributed by atoms with Crippen LogP contribution in [0.1, 0.15) is 48.1 Å². The van der Waals surface area contributed by atoms with E-state index < -0.39 is 27.6 Å². The van der Waals surface area contributed by atoms with Gasteiger partial charge in [0.05, 0.1) is 32.6 Å². The van der Waals surface area contributed by atoms with Crippen molar-refractivity contribution in [3.8, 4) is 5.75 Å². The van der Waals surface area contributed by atoms with Crippen molar-refractivity contribution in [2.45, 2.75) is 32.8 Å². The Morgan fingerprint density at radius 2 is 1.97 bits per heavy atom. The third kappa shape index (κ3) is 6.15. The van der Waals surface area contributed by atoms with Crippen molar-refractivity contribution in [3.05, 3.63) is 107 Å². The van der Waals surface area contributed by atoms with Gasteiger partial charge in [0, 0.05) is 21.5 Å². The van der Waals surface area contributed by atoms with Gasteiger partial charge in [-0.15, -0.1) is 0 Å². The number of hydrogen-bond donors (Lipinski definition) is 1. The molecule has 0 aliphatic carbocycles. The number of carboxylic acid groups (broad SMARTS) is 1. The fraction of sp³-hybridized carbons (Fsp3) is 0.185. The van der Waals surface area contributed by atoms with Crippen LogP contribution in [0.15, 0.2) is 69.0 Å². The highest BCUT2D eigenvalue weighted by Crippen LogP contribution is 2.36. The summed E-state index contributed by atoms with van der Waals surface area (Å²) >= 11 is 9.74. The smallest absolute Gasteiger partial charge is 0.335 e. The van der Waals surface area contributed by atoms with Crippen molar-refractivity contribution in [2.75, 3.05) is 0 Å². The minimum atomic E-state index is -1.10. The summed E-state index contributed by atoms with van der Waals surface area (Å²) in [5, 5.41) is 25.7. The maximum atomic E-state index is 13.3. The van der Waals surface area contributed by atoms with E-state index in [9.17, 15) is 24.8 Å². The number of benzene rings is 3. The van der Waals surface area contributed by atoms with E-state index >= 15 is 0 Å². The maximum Gasteiger partial charge on any atom is 0.335 e. The molecule has 0 unspecified atom stereocenters. The van der Waals surface area contributed by atoms with E-state index in [0.717, 1.165) is 0 Å². The number of halogens is 2. The summed E-state index contributed by atoms with van der Waals surface area (Å²) in [6.45, 7) is 5.54. The fourth-order valence-electron chi connectivity index (χ4n) is 3.77. The molecular weight excluding hydrogens is 592 g/mol. The Morgan fingerprint density at radius 3 is 2.64 bits per heavy atom. The monoisotopic (exact) mass is 612 g/mol. The van der Waals surface area contributed by atoms with E-state index in [0.29, 0.717) is 26.8 Å². The van der Waals surface area contributed by atoms with Crippen LogP contribution in [0.5, 0.6) is 5.75 Å². The van der Waals surface area contributed by atoms with Crippen molar-refractivity contribution in [1.29, 1.82) is 0 Å². The number of fused-ring (bicyclic) bond motifs is 1. The summed E-state index contributed by atoms with van der Waals surface area (Å²) in [6, 6.07) is 13.9. The summed E-state index contributed by atoms with van der Waals surface area (Å²) in [5.41, 5.74) is -0.0217. The number of nitrogens with zero attached hydrogens (tertiary/aromatic N) is 4. The maximum absolute atomic E-state index is 13.3. The van der Waals surface area contributed by atoms with Gasteiger partial charge in [0.25, 0.3) is 5.56 Å². The lowest BCUT2D eigenvalue weighted by Crippen LogP contribution is -2.29. The summed E-state index contributed by atoms with van der Waals surface area (Å²) in [6.07, 6.45) is 1.29. The minimum Gasteiger partial charge on any atom is -0.481 e. The first kappa shape index (κ1) is 27.9. The summed E-state index contributed by atoms with van der Waals surface area (Å²) in [7, 11) is 0. The number of rotatable bonds is 7. The number of hydrogen-bond acceptors (Lipinski definition) is 7. The molecular formula is C27H22BrClN4O6. The molecule has 0 amide bonds. The highest BCUT2D eigenvalue weighted by atomic mass is 79.9.